The summed E-state index contributed by atoms with van der Waals surface area (Å²) in [4.78, 5) is 13.7. The predicted molar refractivity (Wildman–Crippen MR) is 152 cm³/mol. The molecule has 4 nitrogen and oxygen atoms in total. The minimum absolute atomic E-state index is 0. The van der Waals surface area contributed by atoms with Crippen molar-refractivity contribution < 1.29 is 19.0 Å². The van der Waals surface area contributed by atoms with Gasteiger partial charge in [0.15, 0.2) is 5.52 Å². The Morgan fingerprint density at radius 1 is 0.714 bits per heavy atom. The van der Waals surface area contributed by atoms with Crippen LogP contribution in [-0.4, -0.2) is 44.2 Å². The molecule has 0 saturated heterocycles. The van der Waals surface area contributed by atoms with Crippen LogP contribution in [0.2, 0.25) is 0 Å². The molecule has 0 fully saturated rings. The predicted octanol–water partition coefficient (Wildman–Crippen LogP) is 6.52. The molecular weight excluding hydrogens is 450 g/mol. The fraction of sp³-hybridized carbons (Fsp3) is 0.552. The van der Waals surface area contributed by atoms with Gasteiger partial charge in [0.1, 0.15) is 17.2 Å². The van der Waals surface area contributed by atoms with Crippen molar-refractivity contribution in [1.82, 2.24) is 0 Å². The molecular formula is C29H44LiO4P. The van der Waals surface area contributed by atoms with Crippen molar-refractivity contribution in [2.75, 3.05) is 19.8 Å². The molecule has 35 heavy (non-hydrogen) atoms. The first-order chi connectivity index (χ1) is 15.9. The second-order valence-electron chi connectivity index (χ2n) is 10.5. The van der Waals surface area contributed by atoms with Crippen LogP contribution in [0, 0.1) is 45.4 Å². The molecule has 6 heteroatoms. The van der Waals surface area contributed by atoms with Gasteiger partial charge in [-0.05, 0) is 76.3 Å². The quantitative estimate of drug-likeness (QED) is 0.249. The number of rotatable bonds is 12. The zero-order valence-corrected chi connectivity index (χ0v) is 23.7. The molecule has 2 rings (SSSR count). The van der Waals surface area contributed by atoms with E-state index in [0.29, 0.717) is 54.8 Å². The number of carbonyl (C=O) groups is 1. The van der Waals surface area contributed by atoms with Gasteiger partial charge in [-0.3, -0.25) is 4.79 Å². The van der Waals surface area contributed by atoms with Gasteiger partial charge in [0, 0.05) is 17.7 Å². The SMILES string of the molecule is Cc1cc(C)c(C(=O)Pc2c(OCC(C)C)cc(OCC(C)C)cc2OCC(C)C)c(C)c1C.[LiH]. The van der Waals surface area contributed by atoms with Crippen LogP contribution in [0.25, 0.3) is 0 Å². The molecule has 2 aromatic carbocycles. The number of hydrogen-bond acceptors (Lipinski definition) is 4. The fourth-order valence-corrected chi connectivity index (χ4v) is 4.86. The molecule has 0 heterocycles. The molecule has 0 amide bonds. The first-order valence-electron chi connectivity index (χ1n) is 12.4. The molecule has 0 spiro atoms. The molecule has 1 unspecified atom stereocenters. The summed E-state index contributed by atoms with van der Waals surface area (Å²) in [7, 11) is -0.105. The summed E-state index contributed by atoms with van der Waals surface area (Å²) in [5.41, 5.74) is 5.38. The minimum atomic E-state index is -0.105. The summed E-state index contributed by atoms with van der Waals surface area (Å²) in [6, 6.07) is 5.95. The molecule has 0 aliphatic rings. The Hall–Kier alpha value is -1.46. The first-order valence-corrected chi connectivity index (χ1v) is 13.4. The molecule has 1 atom stereocenters. The van der Waals surface area contributed by atoms with Crippen molar-refractivity contribution in [3.63, 3.8) is 0 Å². The van der Waals surface area contributed by atoms with Crippen molar-refractivity contribution in [2.45, 2.75) is 69.2 Å². The van der Waals surface area contributed by atoms with Gasteiger partial charge in [0.2, 0.25) is 0 Å². The summed E-state index contributed by atoms with van der Waals surface area (Å²) in [6.07, 6.45) is 0. The number of carbonyl (C=O) groups excluding carboxylic acids is 1. The van der Waals surface area contributed by atoms with Crippen LogP contribution in [-0.2, 0) is 0 Å². The van der Waals surface area contributed by atoms with Gasteiger partial charge in [-0.15, -0.1) is 0 Å². The second kappa shape index (κ2) is 14.3. The third-order valence-electron chi connectivity index (χ3n) is 5.59. The molecule has 0 saturated carbocycles. The molecule has 0 bridgehead atoms. The second-order valence-corrected chi connectivity index (χ2v) is 11.7. The Morgan fingerprint density at radius 3 is 1.63 bits per heavy atom. The van der Waals surface area contributed by atoms with E-state index in [2.05, 4.69) is 61.5 Å². The number of aryl methyl sites for hydroxylation is 2. The third-order valence-corrected chi connectivity index (χ3v) is 6.81. The maximum absolute atomic E-state index is 13.7. The topological polar surface area (TPSA) is 44.8 Å². The van der Waals surface area contributed by atoms with E-state index in [4.69, 9.17) is 14.2 Å². The zero-order chi connectivity index (χ0) is 25.6. The molecule has 190 valence electrons. The van der Waals surface area contributed by atoms with E-state index < -0.39 is 0 Å². The van der Waals surface area contributed by atoms with Crippen molar-refractivity contribution in [3.05, 3.63) is 46.0 Å². The maximum atomic E-state index is 13.7. The van der Waals surface area contributed by atoms with Crippen LogP contribution in [0.3, 0.4) is 0 Å². The van der Waals surface area contributed by atoms with Gasteiger partial charge < -0.3 is 14.2 Å². The monoisotopic (exact) mass is 494 g/mol. The van der Waals surface area contributed by atoms with E-state index in [9.17, 15) is 4.79 Å². The Bertz CT molecular complexity index is 966. The van der Waals surface area contributed by atoms with Crippen LogP contribution in [0.5, 0.6) is 17.2 Å². The Kier molecular flexibility index (Phi) is 12.9. The van der Waals surface area contributed by atoms with Gasteiger partial charge in [0.05, 0.1) is 25.1 Å². The van der Waals surface area contributed by atoms with E-state index in [-0.39, 0.29) is 33.0 Å². The van der Waals surface area contributed by atoms with Gasteiger partial charge in [0.25, 0.3) is 0 Å². The Labute approximate surface area is 226 Å². The van der Waals surface area contributed by atoms with Crippen molar-refractivity contribution in [1.29, 1.82) is 0 Å². The number of ether oxygens (including phenoxy) is 3. The number of benzene rings is 2. The average molecular weight is 495 g/mol. The van der Waals surface area contributed by atoms with Gasteiger partial charge in [-0.2, -0.15) is 0 Å². The third kappa shape index (κ3) is 9.17. The van der Waals surface area contributed by atoms with Crippen LogP contribution >= 0.6 is 8.58 Å². The molecule has 0 N–H and O–H groups in total. The summed E-state index contributed by atoms with van der Waals surface area (Å²) in [5.74, 6) is 3.19. The fourth-order valence-electron chi connectivity index (χ4n) is 3.59. The van der Waals surface area contributed by atoms with E-state index in [1.165, 1.54) is 11.1 Å². The number of hydrogen-bond donors (Lipinski definition) is 0. The summed E-state index contributed by atoms with van der Waals surface area (Å²) in [6.45, 7) is 22.7. The van der Waals surface area contributed by atoms with Crippen LogP contribution in [0.4, 0.5) is 0 Å². The molecule has 0 radical (unpaired) electrons. The molecule has 0 aliphatic carbocycles. The van der Waals surface area contributed by atoms with Gasteiger partial charge in [-0.1, -0.05) is 47.6 Å². The zero-order valence-electron chi connectivity index (χ0n) is 22.7. The average Bonchev–Trinajstić information content (AvgIpc) is 2.74. The standard InChI is InChI=1S/C29H43O4P.Li.H/c1-17(2)14-31-24-12-25(32-15-18(3)4)28(26(13-24)33-16-19(5)6)34-29(30)27-21(8)11-20(7)22(9)23(27)10;;/h11-13,17-19,34H,14-16H2,1-10H3;;. The Morgan fingerprint density at radius 2 is 1.17 bits per heavy atom. The van der Waals surface area contributed by atoms with Crippen LogP contribution < -0.4 is 19.5 Å². The first kappa shape index (κ1) is 31.6. The van der Waals surface area contributed by atoms with Gasteiger partial charge >= 0.3 is 18.9 Å². The molecule has 2 aromatic rings. The van der Waals surface area contributed by atoms with Crippen LogP contribution in [0.1, 0.15) is 74.2 Å². The normalized spacial score (nSPS) is 11.5. The van der Waals surface area contributed by atoms with Crippen LogP contribution in [0.15, 0.2) is 18.2 Å². The van der Waals surface area contributed by atoms with E-state index >= 15 is 0 Å². The van der Waals surface area contributed by atoms with E-state index in [0.717, 1.165) is 22.0 Å². The van der Waals surface area contributed by atoms with Gasteiger partial charge in [-0.25, -0.2) is 0 Å². The molecule has 0 aromatic heterocycles. The van der Waals surface area contributed by atoms with Crippen molar-refractivity contribution in [2.24, 2.45) is 17.8 Å². The molecule has 0 aliphatic heterocycles. The summed E-state index contributed by atoms with van der Waals surface area (Å²) >= 11 is 0. The van der Waals surface area contributed by atoms with Crippen molar-refractivity contribution >= 4 is 38.3 Å². The summed E-state index contributed by atoms with van der Waals surface area (Å²) < 4.78 is 18.5. The summed E-state index contributed by atoms with van der Waals surface area (Å²) in [5, 5.41) is 0.820. The Balaban J connectivity index is 0.00000612. The van der Waals surface area contributed by atoms with E-state index in [1.54, 1.807) is 0 Å². The van der Waals surface area contributed by atoms with Crippen molar-refractivity contribution in [3.8, 4) is 17.2 Å². The van der Waals surface area contributed by atoms with E-state index in [1.807, 2.05) is 26.0 Å².